The van der Waals surface area contributed by atoms with Crippen molar-refractivity contribution in [2.24, 2.45) is 0 Å². The Labute approximate surface area is 142 Å². The maximum absolute atomic E-state index is 13.6. The number of nitrogens with one attached hydrogen (secondary N) is 1. The van der Waals surface area contributed by atoms with Crippen LogP contribution in [0.1, 0.15) is 5.56 Å². The van der Waals surface area contributed by atoms with Gasteiger partial charge in [-0.15, -0.1) is 0 Å². The number of carbonyl (C=O) groups excluding carboxylic acids is 1. The molecule has 2 aromatic rings. The van der Waals surface area contributed by atoms with E-state index in [9.17, 15) is 9.18 Å². The second-order valence-electron chi connectivity index (χ2n) is 4.56. The van der Waals surface area contributed by atoms with Gasteiger partial charge >= 0.3 is 0 Å². The van der Waals surface area contributed by atoms with Gasteiger partial charge in [0.1, 0.15) is 5.82 Å². The summed E-state index contributed by atoms with van der Waals surface area (Å²) in [6, 6.07) is 9.53. The minimum Gasteiger partial charge on any atom is -0.493 e. The average Bonchev–Trinajstić information content (AvgIpc) is 2.55. The lowest BCUT2D eigenvalue weighted by molar-refractivity contribution is -0.111. The van der Waals surface area contributed by atoms with Gasteiger partial charge in [0.15, 0.2) is 11.5 Å². The Bertz CT molecular complexity index is 747. The summed E-state index contributed by atoms with van der Waals surface area (Å²) in [7, 11) is 3.05. The van der Waals surface area contributed by atoms with Crippen LogP contribution in [0.4, 0.5) is 10.1 Å². The van der Waals surface area contributed by atoms with Crippen molar-refractivity contribution < 1.29 is 18.7 Å². The maximum atomic E-state index is 13.6. The molecule has 0 heterocycles. The van der Waals surface area contributed by atoms with E-state index in [4.69, 9.17) is 9.47 Å². The molecule has 0 aliphatic rings. The van der Waals surface area contributed by atoms with Gasteiger partial charge in [0, 0.05) is 27.9 Å². The number of halogens is 2. The van der Waals surface area contributed by atoms with Gasteiger partial charge in [-0.1, -0.05) is 15.9 Å². The third kappa shape index (κ3) is 4.56. The van der Waals surface area contributed by atoms with Crippen LogP contribution in [0, 0.1) is 5.82 Å². The van der Waals surface area contributed by atoms with Crippen molar-refractivity contribution in [1.29, 1.82) is 0 Å². The summed E-state index contributed by atoms with van der Waals surface area (Å²) in [6.45, 7) is 0. The van der Waals surface area contributed by atoms with E-state index < -0.39 is 5.82 Å². The lowest BCUT2D eigenvalue weighted by Crippen LogP contribution is -2.08. The number of hydrogen-bond acceptors (Lipinski definition) is 3. The Morgan fingerprint density at radius 2 is 1.87 bits per heavy atom. The highest BCUT2D eigenvalue weighted by Crippen LogP contribution is 2.29. The summed E-state index contributed by atoms with van der Waals surface area (Å²) in [4.78, 5) is 11.9. The monoisotopic (exact) mass is 379 g/mol. The zero-order valence-corrected chi connectivity index (χ0v) is 14.2. The minimum absolute atomic E-state index is 0.321. The van der Waals surface area contributed by atoms with Crippen LogP contribution < -0.4 is 14.8 Å². The van der Waals surface area contributed by atoms with E-state index in [0.717, 1.165) is 4.47 Å². The van der Waals surface area contributed by atoms with Gasteiger partial charge in [0.05, 0.1) is 14.2 Å². The number of amides is 1. The summed E-state index contributed by atoms with van der Waals surface area (Å²) >= 11 is 3.26. The molecule has 6 heteroatoms. The number of carbonyl (C=O) groups is 1. The number of hydrogen-bond donors (Lipinski definition) is 1. The normalized spacial score (nSPS) is 10.6. The fourth-order valence-electron chi connectivity index (χ4n) is 1.91. The zero-order chi connectivity index (χ0) is 16.8. The average molecular weight is 380 g/mol. The van der Waals surface area contributed by atoms with Gasteiger partial charge in [-0.25, -0.2) is 4.39 Å². The van der Waals surface area contributed by atoms with Gasteiger partial charge in [-0.2, -0.15) is 0 Å². The standard InChI is InChI=1S/C17H15BrFNO3/c1-22-15-7-5-13(10-16(15)23-2)20-17(21)8-3-11-9-12(18)4-6-14(11)19/h3-10H,1-2H3,(H,20,21)/b8-3+. The van der Waals surface area contributed by atoms with Crippen molar-refractivity contribution in [2.45, 2.75) is 0 Å². The summed E-state index contributed by atoms with van der Waals surface area (Å²) in [5, 5.41) is 2.68. The second kappa shape index (κ2) is 7.78. The Morgan fingerprint density at radius 1 is 1.13 bits per heavy atom. The molecule has 0 fully saturated rings. The molecule has 1 amide bonds. The largest absolute Gasteiger partial charge is 0.493 e. The summed E-state index contributed by atoms with van der Waals surface area (Å²) in [5.74, 6) is 0.296. The highest BCUT2D eigenvalue weighted by Gasteiger charge is 2.06. The summed E-state index contributed by atoms with van der Waals surface area (Å²) < 4.78 is 24.6. The summed E-state index contributed by atoms with van der Waals surface area (Å²) in [6.07, 6.45) is 2.68. The van der Waals surface area contributed by atoms with Gasteiger partial charge in [0.25, 0.3) is 0 Å². The first kappa shape index (κ1) is 17.0. The van der Waals surface area contributed by atoms with Gasteiger partial charge in [-0.05, 0) is 36.4 Å². The van der Waals surface area contributed by atoms with Gasteiger partial charge < -0.3 is 14.8 Å². The number of benzene rings is 2. The van der Waals surface area contributed by atoms with Gasteiger partial charge in [-0.3, -0.25) is 4.79 Å². The molecule has 120 valence electrons. The number of methoxy groups -OCH3 is 2. The molecule has 0 saturated carbocycles. The van der Waals surface area contributed by atoms with Crippen LogP contribution in [0.5, 0.6) is 11.5 Å². The molecule has 4 nitrogen and oxygen atoms in total. The highest BCUT2D eigenvalue weighted by atomic mass is 79.9. The van der Waals surface area contributed by atoms with Crippen LogP contribution in [0.25, 0.3) is 6.08 Å². The van der Waals surface area contributed by atoms with Crippen molar-refractivity contribution in [3.8, 4) is 11.5 Å². The first-order chi connectivity index (χ1) is 11.0. The molecule has 23 heavy (non-hydrogen) atoms. The molecule has 0 atom stereocenters. The predicted octanol–water partition coefficient (Wildman–Crippen LogP) is 4.26. The molecular formula is C17H15BrFNO3. The number of ether oxygens (including phenoxy) is 2. The molecule has 0 aromatic heterocycles. The second-order valence-corrected chi connectivity index (χ2v) is 5.47. The minimum atomic E-state index is -0.400. The molecule has 2 rings (SSSR count). The number of anilines is 1. The van der Waals surface area contributed by atoms with Crippen molar-refractivity contribution in [3.05, 3.63) is 58.3 Å². The lowest BCUT2D eigenvalue weighted by Gasteiger charge is -2.09. The van der Waals surface area contributed by atoms with E-state index in [2.05, 4.69) is 21.2 Å². The highest BCUT2D eigenvalue weighted by molar-refractivity contribution is 9.10. The van der Waals surface area contributed by atoms with Gasteiger partial charge in [0.2, 0.25) is 5.91 Å². The first-order valence-corrected chi connectivity index (χ1v) is 7.49. The maximum Gasteiger partial charge on any atom is 0.248 e. The Hall–Kier alpha value is -2.34. The SMILES string of the molecule is COc1ccc(NC(=O)/C=C/c2cc(Br)ccc2F)cc1OC. The van der Waals surface area contributed by atoms with Crippen molar-refractivity contribution in [3.63, 3.8) is 0 Å². The first-order valence-electron chi connectivity index (χ1n) is 6.69. The molecule has 0 radical (unpaired) electrons. The fraction of sp³-hybridized carbons (Fsp3) is 0.118. The quantitative estimate of drug-likeness (QED) is 0.789. The molecule has 0 saturated heterocycles. The molecule has 0 spiro atoms. The van der Waals surface area contributed by atoms with Crippen LogP contribution in [-0.2, 0) is 4.79 Å². The van der Waals surface area contributed by atoms with E-state index >= 15 is 0 Å². The molecule has 0 aliphatic carbocycles. The topological polar surface area (TPSA) is 47.6 Å². The Morgan fingerprint density at radius 3 is 2.57 bits per heavy atom. The van der Waals surface area contributed by atoms with Crippen LogP contribution in [0.15, 0.2) is 46.9 Å². The van der Waals surface area contributed by atoms with Crippen molar-refractivity contribution in [1.82, 2.24) is 0 Å². The molecule has 0 bridgehead atoms. The zero-order valence-electron chi connectivity index (χ0n) is 12.6. The van der Waals surface area contributed by atoms with Crippen LogP contribution in [-0.4, -0.2) is 20.1 Å². The van der Waals surface area contributed by atoms with Crippen molar-refractivity contribution >= 4 is 33.6 Å². The Kier molecular flexibility index (Phi) is 5.76. The summed E-state index contributed by atoms with van der Waals surface area (Å²) in [5.41, 5.74) is 0.869. The molecule has 0 aliphatic heterocycles. The van der Waals surface area contributed by atoms with Crippen LogP contribution >= 0.6 is 15.9 Å². The van der Waals surface area contributed by atoms with E-state index in [1.807, 2.05) is 0 Å². The third-order valence-electron chi connectivity index (χ3n) is 3.02. The fourth-order valence-corrected chi connectivity index (χ4v) is 2.28. The number of rotatable bonds is 5. The van der Waals surface area contributed by atoms with Crippen LogP contribution in [0.3, 0.4) is 0 Å². The van der Waals surface area contributed by atoms with E-state index in [-0.39, 0.29) is 5.91 Å². The molecule has 0 unspecified atom stereocenters. The van der Waals surface area contributed by atoms with Crippen LogP contribution in [0.2, 0.25) is 0 Å². The van der Waals surface area contributed by atoms with E-state index in [1.54, 1.807) is 30.3 Å². The third-order valence-corrected chi connectivity index (χ3v) is 3.52. The lowest BCUT2D eigenvalue weighted by atomic mass is 10.2. The van der Waals surface area contributed by atoms with Crippen molar-refractivity contribution in [2.75, 3.05) is 19.5 Å². The Balaban J connectivity index is 2.10. The smallest absolute Gasteiger partial charge is 0.248 e. The molecule has 1 N–H and O–H groups in total. The predicted molar refractivity (Wildman–Crippen MR) is 91.3 cm³/mol. The van der Waals surface area contributed by atoms with E-state index in [0.29, 0.717) is 22.7 Å². The molecular weight excluding hydrogens is 365 g/mol. The molecule has 2 aromatic carbocycles. The van der Waals surface area contributed by atoms with E-state index in [1.165, 1.54) is 32.4 Å².